The van der Waals surface area contributed by atoms with Gasteiger partial charge < -0.3 is 24.1 Å². The molecule has 2 aromatic carbocycles. The number of aliphatic hydroxyl groups is 1. The van der Waals surface area contributed by atoms with Gasteiger partial charge in [0.05, 0.1) is 17.7 Å². The van der Waals surface area contributed by atoms with Gasteiger partial charge in [0.2, 0.25) is 0 Å². The molecule has 2 fully saturated rings. The summed E-state index contributed by atoms with van der Waals surface area (Å²) in [6.07, 6.45) is -4.90. The number of fused-ring (bicyclic) bond motifs is 2. The third-order valence-corrected chi connectivity index (χ3v) is 4.55. The average molecular weight is 370 g/mol. The molecule has 4 rings (SSSR count). The summed E-state index contributed by atoms with van der Waals surface area (Å²) in [5.74, 6) is -1.22. The van der Waals surface area contributed by atoms with Crippen molar-refractivity contribution in [2.75, 3.05) is 6.61 Å². The van der Waals surface area contributed by atoms with Crippen LogP contribution in [0.1, 0.15) is 20.7 Å². The van der Waals surface area contributed by atoms with Gasteiger partial charge in [-0.2, -0.15) is 0 Å². The number of carbonyl (C=O) groups is 2. The molecule has 0 radical (unpaired) electrons. The summed E-state index contributed by atoms with van der Waals surface area (Å²) in [4.78, 5) is 24.7. The van der Waals surface area contributed by atoms with Crippen molar-refractivity contribution >= 4 is 11.9 Å². The quantitative estimate of drug-likeness (QED) is 0.817. The van der Waals surface area contributed by atoms with Gasteiger partial charge in [0.1, 0.15) is 12.2 Å². The van der Waals surface area contributed by atoms with Gasteiger partial charge >= 0.3 is 11.9 Å². The molecule has 5 atom stereocenters. The predicted octanol–water partition coefficient (Wildman–Crippen LogP) is 1.55. The van der Waals surface area contributed by atoms with Crippen LogP contribution in [0, 0.1) is 0 Å². The molecule has 2 aliphatic heterocycles. The number of hydrogen-bond acceptors (Lipinski definition) is 7. The summed E-state index contributed by atoms with van der Waals surface area (Å²) in [5.41, 5.74) is 0.686. The SMILES string of the molecule is O=C(O[C@H]1[C@@H](O)[C@@H](OC(=O)c2ccccc2)C2OC[C@H]1O2)c1ccccc1. The fraction of sp³-hybridized carbons (Fsp3) is 0.300. The molecule has 2 bridgehead atoms. The van der Waals surface area contributed by atoms with E-state index < -0.39 is 42.6 Å². The number of hydrogen-bond donors (Lipinski definition) is 1. The monoisotopic (exact) mass is 370 g/mol. The van der Waals surface area contributed by atoms with E-state index in [4.69, 9.17) is 18.9 Å². The second kappa shape index (κ2) is 7.48. The zero-order valence-corrected chi connectivity index (χ0v) is 14.3. The van der Waals surface area contributed by atoms with Crippen LogP contribution in [-0.4, -0.2) is 54.4 Å². The number of aliphatic hydroxyl groups excluding tert-OH is 1. The Labute approximate surface area is 155 Å². The highest BCUT2D eigenvalue weighted by Crippen LogP contribution is 2.32. The molecular weight excluding hydrogens is 352 g/mol. The molecule has 2 aromatic rings. The summed E-state index contributed by atoms with van der Waals surface area (Å²) >= 11 is 0. The van der Waals surface area contributed by atoms with Crippen molar-refractivity contribution in [2.24, 2.45) is 0 Å². The first kappa shape index (κ1) is 17.7. The van der Waals surface area contributed by atoms with E-state index in [0.29, 0.717) is 11.1 Å². The molecule has 7 nitrogen and oxygen atoms in total. The molecular formula is C20H18O7. The van der Waals surface area contributed by atoms with Crippen molar-refractivity contribution in [3.63, 3.8) is 0 Å². The highest BCUT2D eigenvalue weighted by atomic mass is 16.8. The first-order valence-corrected chi connectivity index (χ1v) is 8.60. The normalized spacial score (nSPS) is 29.1. The molecule has 0 saturated carbocycles. The van der Waals surface area contributed by atoms with E-state index in [1.165, 1.54) is 0 Å². The summed E-state index contributed by atoms with van der Waals surface area (Å²) in [6.45, 7) is 0.133. The van der Waals surface area contributed by atoms with E-state index in [0.717, 1.165) is 0 Å². The van der Waals surface area contributed by atoms with Crippen molar-refractivity contribution in [1.29, 1.82) is 0 Å². The molecule has 140 valence electrons. The van der Waals surface area contributed by atoms with Crippen LogP contribution >= 0.6 is 0 Å². The van der Waals surface area contributed by atoms with Crippen molar-refractivity contribution in [3.05, 3.63) is 71.8 Å². The van der Waals surface area contributed by atoms with E-state index in [9.17, 15) is 14.7 Å². The van der Waals surface area contributed by atoms with Crippen LogP contribution in [-0.2, 0) is 18.9 Å². The van der Waals surface area contributed by atoms with Crippen LogP contribution in [0.15, 0.2) is 60.7 Å². The topological polar surface area (TPSA) is 91.3 Å². The summed E-state index contributed by atoms with van der Waals surface area (Å²) in [5, 5.41) is 10.7. The lowest BCUT2D eigenvalue weighted by Gasteiger charge is -2.36. The maximum atomic E-state index is 12.3. The van der Waals surface area contributed by atoms with Crippen molar-refractivity contribution in [3.8, 4) is 0 Å². The summed E-state index contributed by atoms with van der Waals surface area (Å²) in [7, 11) is 0. The highest BCUT2D eigenvalue weighted by molar-refractivity contribution is 5.90. The molecule has 0 spiro atoms. The van der Waals surface area contributed by atoms with E-state index in [2.05, 4.69) is 0 Å². The van der Waals surface area contributed by atoms with Gasteiger partial charge in [-0.25, -0.2) is 9.59 Å². The minimum Gasteiger partial charge on any atom is -0.453 e. The van der Waals surface area contributed by atoms with E-state index in [1.807, 2.05) is 0 Å². The third-order valence-electron chi connectivity index (χ3n) is 4.55. The Morgan fingerprint density at radius 2 is 1.37 bits per heavy atom. The minimum absolute atomic E-state index is 0.133. The molecule has 1 unspecified atom stereocenters. The average Bonchev–Trinajstić information content (AvgIpc) is 3.15. The van der Waals surface area contributed by atoms with Crippen LogP contribution in [0.25, 0.3) is 0 Å². The molecule has 0 aliphatic carbocycles. The van der Waals surface area contributed by atoms with Crippen LogP contribution in [0.5, 0.6) is 0 Å². The Balaban J connectivity index is 1.49. The lowest BCUT2D eigenvalue weighted by atomic mass is 10.0. The highest BCUT2D eigenvalue weighted by Gasteiger charge is 2.54. The van der Waals surface area contributed by atoms with E-state index in [1.54, 1.807) is 60.7 Å². The standard InChI is InChI=1S/C20H18O7/c21-15-16(26-18(22)12-7-3-1-4-8-12)14-11-24-20(25-14)17(15)27-19(23)13-9-5-2-6-10-13/h1-10,14-17,20-21H,11H2/t14-,15-,16-,17-,20?/m1/s1. The fourth-order valence-electron chi connectivity index (χ4n) is 3.16. The Kier molecular flexibility index (Phi) is 4.89. The third kappa shape index (κ3) is 3.57. The number of benzene rings is 2. The van der Waals surface area contributed by atoms with Gasteiger partial charge in [-0.3, -0.25) is 0 Å². The second-order valence-electron chi connectivity index (χ2n) is 6.34. The van der Waals surface area contributed by atoms with E-state index in [-0.39, 0.29) is 6.61 Å². The Morgan fingerprint density at radius 1 is 0.852 bits per heavy atom. The summed E-state index contributed by atoms with van der Waals surface area (Å²) < 4.78 is 22.0. The van der Waals surface area contributed by atoms with Crippen LogP contribution in [0.2, 0.25) is 0 Å². The minimum atomic E-state index is -1.27. The zero-order chi connectivity index (χ0) is 18.8. The van der Waals surface area contributed by atoms with Gasteiger partial charge in [-0.15, -0.1) is 0 Å². The first-order valence-electron chi connectivity index (χ1n) is 8.60. The number of rotatable bonds is 4. The fourth-order valence-corrected chi connectivity index (χ4v) is 3.16. The van der Waals surface area contributed by atoms with E-state index >= 15 is 0 Å². The first-order chi connectivity index (χ1) is 13.1. The maximum absolute atomic E-state index is 12.3. The van der Waals surface area contributed by atoms with Gasteiger partial charge in [-0.1, -0.05) is 36.4 Å². The molecule has 2 aliphatic rings. The summed E-state index contributed by atoms with van der Waals surface area (Å²) in [6, 6.07) is 16.8. The van der Waals surface area contributed by atoms with Gasteiger partial charge in [-0.05, 0) is 24.3 Å². The maximum Gasteiger partial charge on any atom is 0.338 e. The van der Waals surface area contributed by atoms with Gasteiger partial charge in [0.25, 0.3) is 0 Å². The molecule has 2 saturated heterocycles. The molecule has 0 amide bonds. The van der Waals surface area contributed by atoms with Crippen molar-refractivity contribution in [1.82, 2.24) is 0 Å². The lowest BCUT2D eigenvalue weighted by Crippen LogP contribution is -2.56. The second-order valence-corrected chi connectivity index (χ2v) is 6.34. The zero-order valence-electron chi connectivity index (χ0n) is 14.3. The largest absolute Gasteiger partial charge is 0.453 e. The number of ether oxygens (including phenoxy) is 4. The smallest absolute Gasteiger partial charge is 0.338 e. The lowest BCUT2D eigenvalue weighted by molar-refractivity contribution is -0.228. The molecule has 2 heterocycles. The Hall–Kier alpha value is -2.74. The predicted molar refractivity (Wildman–Crippen MR) is 91.9 cm³/mol. The van der Waals surface area contributed by atoms with Crippen LogP contribution < -0.4 is 0 Å². The van der Waals surface area contributed by atoms with Crippen LogP contribution in [0.4, 0.5) is 0 Å². The van der Waals surface area contributed by atoms with Gasteiger partial charge in [0, 0.05) is 0 Å². The molecule has 1 N–H and O–H groups in total. The number of carbonyl (C=O) groups excluding carboxylic acids is 2. The molecule has 0 aromatic heterocycles. The Morgan fingerprint density at radius 3 is 1.93 bits per heavy atom. The van der Waals surface area contributed by atoms with Crippen molar-refractivity contribution < 1.29 is 33.6 Å². The Bertz CT molecular complexity index is 740. The molecule has 7 heteroatoms. The molecule has 27 heavy (non-hydrogen) atoms. The van der Waals surface area contributed by atoms with Crippen LogP contribution in [0.3, 0.4) is 0 Å². The number of esters is 2. The van der Waals surface area contributed by atoms with Crippen molar-refractivity contribution in [2.45, 2.75) is 30.7 Å². The van der Waals surface area contributed by atoms with Gasteiger partial charge in [0.15, 0.2) is 18.5 Å².